The van der Waals surface area contributed by atoms with E-state index in [1.807, 2.05) is 23.1 Å². The number of nitrogens with one attached hydrogen (secondary N) is 1. The minimum Gasteiger partial charge on any atom is -0.370 e. The van der Waals surface area contributed by atoms with E-state index in [2.05, 4.69) is 51.4 Å². The average molecular weight is 563 g/mol. The van der Waals surface area contributed by atoms with Crippen molar-refractivity contribution in [1.82, 2.24) is 14.9 Å². The number of anilines is 2. The molecule has 3 N–H and O–H groups in total. The number of nitrogens with two attached hydrogens (primary N) is 1. The number of benzene rings is 2. The Hall–Kier alpha value is -4.56. The number of pyridine rings is 2. The predicted molar refractivity (Wildman–Crippen MR) is 167 cm³/mol. The number of carbonyl (C=O) groups excluding carboxylic acids is 2. The van der Waals surface area contributed by atoms with Gasteiger partial charge in [-0.2, -0.15) is 0 Å². The number of carbonyl (C=O) groups is 2. The van der Waals surface area contributed by atoms with E-state index in [0.29, 0.717) is 43.1 Å². The van der Waals surface area contributed by atoms with Crippen molar-refractivity contribution in [2.75, 3.05) is 36.4 Å². The maximum atomic E-state index is 13.3. The van der Waals surface area contributed by atoms with Gasteiger partial charge in [-0.1, -0.05) is 31.2 Å². The van der Waals surface area contributed by atoms with Crippen molar-refractivity contribution in [2.45, 2.75) is 32.7 Å². The summed E-state index contributed by atoms with van der Waals surface area (Å²) < 4.78 is 0. The summed E-state index contributed by atoms with van der Waals surface area (Å²) in [6.45, 7) is 5.72. The molecule has 0 saturated carbocycles. The third-order valence-electron chi connectivity index (χ3n) is 7.75. The molecule has 2 aromatic carbocycles. The number of nitrogens with zero attached hydrogens (tertiary/aromatic N) is 4. The zero-order chi connectivity index (χ0) is 29.3. The molecule has 216 valence electrons. The molecule has 1 fully saturated rings. The predicted octanol–water partition coefficient (Wildman–Crippen LogP) is 5.62. The van der Waals surface area contributed by atoms with Crippen LogP contribution in [0.3, 0.4) is 0 Å². The molecule has 0 unspecified atom stereocenters. The molecule has 3 heterocycles. The molecule has 1 saturated heterocycles. The van der Waals surface area contributed by atoms with Crippen LogP contribution >= 0.6 is 0 Å². The Morgan fingerprint density at radius 1 is 0.929 bits per heavy atom. The highest BCUT2D eigenvalue weighted by Crippen LogP contribution is 2.34. The molecule has 42 heavy (non-hydrogen) atoms. The number of aromatic nitrogens is 2. The maximum Gasteiger partial charge on any atom is 0.257 e. The summed E-state index contributed by atoms with van der Waals surface area (Å²) in [5.41, 5.74) is 11.7. The first-order chi connectivity index (χ1) is 20.5. The Kier molecular flexibility index (Phi) is 9.56. The molecule has 1 aliphatic heterocycles. The lowest BCUT2D eigenvalue weighted by Crippen LogP contribution is -2.33. The lowest BCUT2D eigenvalue weighted by molar-refractivity contribution is 0.0741. The van der Waals surface area contributed by atoms with Gasteiger partial charge in [-0.25, -0.2) is 0 Å². The van der Waals surface area contributed by atoms with E-state index >= 15 is 0 Å². The fourth-order valence-corrected chi connectivity index (χ4v) is 5.31. The monoisotopic (exact) mass is 562 g/mol. The summed E-state index contributed by atoms with van der Waals surface area (Å²) in [5, 5.41) is 3.16. The lowest BCUT2D eigenvalue weighted by Gasteiger charge is -2.33. The largest absolute Gasteiger partial charge is 0.370 e. The van der Waals surface area contributed by atoms with Crippen LogP contribution in [0.5, 0.6) is 0 Å². The minimum absolute atomic E-state index is 0.0671. The topological polar surface area (TPSA) is 104 Å². The van der Waals surface area contributed by atoms with Gasteiger partial charge in [0.1, 0.15) is 0 Å². The summed E-state index contributed by atoms with van der Waals surface area (Å²) in [6, 6.07) is 21.6. The first kappa shape index (κ1) is 29.0. The van der Waals surface area contributed by atoms with Gasteiger partial charge in [-0.05, 0) is 90.9 Å². The van der Waals surface area contributed by atoms with E-state index in [9.17, 15) is 9.59 Å². The Morgan fingerprint density at radius 2 is 1.64 bits per heavy atom. The van der Waals surface area contributed by atoms with Crippen molar-refractivity contribution in [3.05, 3.63) is 108 Å². The molecule has 2 amide bonds. The molecule has 0 bridgehead atoms. The molecular weight excluding hydrogens is 524 g/mol. The smallest absolute Gasteiger partial charge is 0.257 e. The van der Waals surface area contributed by atoms with Crippen molar-refractivity contribution in [3.8, 4) is 11.1 Å². The van der Waals surface area contributed by atoms with Crippen molar-refractivity contribution in [2.24, 2.45) is 11.7 Å². The molecule has 1 aliphatic rings. The first-order valence-electron chi connectivity index (χ1n) is 14.6. The molecule has 0 spiro atoms. The molecule has 4 aromatic rings. The van der Waals surface area contributed by atoms with E-state index in [0.717, 1.165) is 54.0 Å². The summed E-state index contributed by atoms with van der Waals surface area (Å²) >= 11 is 0. The standard InChI is InChI=1S/C34H38N6O2/c1-25-12-18-39(19-13-25)32-11-10-28(21-31(32)38-33(41)29-8-3-15-36-22-29)27-7-2-6-26(20-27)24-40(17-5-14-35)34(42)30-9-4-16-37-23-30/h2-4,6-11,15-16,20-23,25H,5,12-14,17-19,24,35H2,1H3,(H,38,41). The van der Waals surface area contributed by atoms with Crippen LogP contribution in [0.2, 0.25) is 0 Å². The van der Waals surface area contributed by atoms with Gasteiger partial charge >= 0.3 is 0 Å². The van der Waals surface area contributed by atoms with E-state index in [-0.39, 0.29) is 11.8 Å². The highest BCUT2D eigenvalue weighted by molar-refractivity contribution is 6.06. The van der Waals surface area contributed by atoms with Crippen molar-refractivity contribution in [1.29, 1.82) is 0 Å². The molecule has 8 nitrogen and oxygen atoms in total. The van der Waals surface area contributed by atoms with Crippen LogP contribution in [-0.2, 0) is 6.54 Å². The number of amides is 2. The second kappa shape index (κ2) is 13.9. The maximum absolute atomic E-state index is 13.3. The van der Waals surface area contributed by atoms with Gasteiger partial charge in [-0.3, -0.25) is 19.6 Å². The van der Waals surface area contributed by atoms with Crippen LogP contribution in [0.25, 0.3) is 11.1 Å². The molecule has 0 radical (unpaired) electrons. The van der Waals surface area contributed by atoms with E-state index in [1.165, 1.54) is 0 Å². The second-order valence-corrected chi connectivity index (χ2v) is 10.9. The Labute approximate surface area is 247 Å². The molecular formula is C34H38N6O2. The van der Waals surface area contributed by atoms with E-state index in [1.54, 1.807) is 49.1 Å². The quantitative estimate of drug-likeness (QED) is 0.260. The highest BCUT2D eigenvalue weighted by atomic mass is 16.2. The van der Waals surface area contributed by atoms with Crippen LogP contribution in [0.4, 0.5) is 11.4 Å². The van der Waals surface area contributed by atoms with Gasteiger partial charge < -0.3 is 20.9 Å². The molecule has 5 rings (SSSR count). The van der Waals surface area contributed by atoms with Crippen LogP contribution in [-0.4, -0.2) is 52.9 Å². The van der Waals surface area contributed by atoms with Gasteiger partial charge in [-0.15, -0.1) is 0 Å². The van der Waals surface area contributed by atoms with Crippen molar-refractivity contribution < 1.29 is 9.59 Å². The Bertz CT molecular complexity index is 1490. The van der Waals surface area contributed by atoms with Gasteiger partial charge in [0.05, 0.1) is 22.5 Å². The van der Waals surface area contributed by atoms with Gasteiger partial charge in [0, 0.05) is 51.0 Å². The number of hydrogen-bond acceptors (Lipinski definition) is 6. The fourth-order valence-electron chi connectivity index (χ4n) is 5.31. The lowest BCUT2D eigenvalue weighted by atomic mass is 9.97. The highest BCUT2D eigenvalue weighted by Gasteiger charge is 2.21. The first-order valence-corrected chi connectivity index (χ1v) is 14.6. The van der Waals surface area contributed by atoms with E-state index in [4.69, 9.17) is 5.73 Å². The molecule has 8 heteroatoms. The summed E-state index contributed by atoms with van der Waals surface area (Å²) in [5.74, 6) is 0.443. The summed E-state index contributed by atoms with van der Waals surface area (Å²) in [7, 11) is 0. The number of piperidine rings is 1. The molecule has 0 atom stereocenters. The van der Waals surface area contributed by atoms with Gasteiger partial charge in [0.15, 0.2) is 0 Å². The van der Waals surface area contributed by atoms with Gasteiger partial charge in [0.2, 0.25) is 0 Å². The Balaban J connectivity index is 1.43. The van der Waals surface area contributed by atoms with Crippen LogP contribution < -0.4 is 16.0 Å². The minimum atomic E-state index is -0.190. The SMILES string of the molecule is CC1CCN(c2ccc(-c3cccc(CN(CCCN)C(=O)c4cccnc4)c3)cc2NC(=O)c2cccnc2)CC1. The van der Waals surface area contributed by atoms with Crippen molar-refractivity contribution in [3.63, 3.8) is 0 Å². The normalized spacial score (nSPS) is 13.5. The van der Waals surface area contributed by atoms with E-state index < -0.39 is 0 Å². The third-order valence-corrected chi connectivity index (χ3v) is 7.75. The van der Waals surface area contributed by atoms with Gasteiger partial charge in [0.25, 0.3) is 11.8 Å². The van der Waals surface area contributed by atoms with Crippen LogP contribution in [0.15, 0.2) is 91.5 Å². The van der Waals surface area contributed by atoms with Crippen LogP contribution in [0, 0.1) is 5.92 Å². The molecule has 0 aliphatic carbocycles. The zero-order valence-electron chi connectivity index (χ0n) is 24.1. The summed E-state index contributed by atoms with van der Waals surface area (Å²) in [6.07, 6.45) is 9.45. The number of rotatable bonds is 10. The van der Waals surface area contributed by atoms with Crippen LogP contribution in [0.1, 0.15) is 52.5 Å². The summed E-state index contributed by atoms with van der Waals surface area (Å²) in [4.78, 5) is 38.9. The zero-order valence-corrected chi connectivity index (χ0v) is 24.1. The molecule has 2 aromatic heterocycles. The van der Waals surface area contributed by atoms with Crippen molar-refractivity contribution >= 4 is 23.2 Å². The fraction of sp³-hybridized carbons (Fsp3) is 0.294. The average Bonchev–Trinajstić information content (AvgIpc) is 3.04. The second-order valence-electron chi connectivity index (χ2n) is 10.9. The third kappa shape index (κ3) is 7.19. The Morgan fingerprint density at radius 3 is 2.33 bits per heavy atom. The number of hydrogen-bond donors (Lipinski definition) is 2.